The minimum absolute atomic E-state index is 0.00118. The van der Waals surface area contributed by atoms with Crippen LogP contribution in [0.3, 0.4) is 0 Å². The highest BCUT2D eigenvalue weighted by Gasteiger charge is 2.34. The van der Waals surface area contributed by atoms with Gasteiger partial charge in [-0.15, -0.1) is 0 Å². The van der Waals surface area contributed by atoms with E-state index >= 15 is 0 Å². The molecule has 2 atom stereocenters. The Balaban J connectivity index is 2.30. The predicted molar refractivity (Wildman–Crippen MR) is 73.0 cm³/mol. The summed E-state index contributed by atoms with van der Waals surface area (Å²) in [7, 11) is 0. The highest BCUT2D eigenvalue weighted by atomic mass is 79.9. The monoisotopic (exact) mass is 313 g/mol. The third-order valence-corrected chi connectivity index (χ3v) is 4.31. The van der Waals surface area contributed by atoms with Gasteiger partial charge in [0.15, 0.2) is 0 Å². The molecule has 1 fully saturated rings. The molecule has 1 amide bonds. The molecule has 2 nitrogen and oxygen atoms in total. The topological polar surface area (TPSA) is 20.3 Å². The van der Waals surface area contributed by atoms with Gasteiger partial charge in [0.25, 0.3) is 5.91 Å². The number of rotatable bonds is 2. The fourth-order valence-corrected chi connectivity index (χ4v) is 3.16. The van der Waals surface area contributed by atoms with Crippen molar-refractivity contribution in [3.8, 4) is 0 Å². The molecule has 0 radical (unpaired) electrons. The van der Waals surface area contributed by atoms with Crippen LogP contribution >= 0.6 is 15.9 Å². The zero-order valence-electron chi connectivity index (χ0n) is 10.6. The Bertz CT molecular complexity index is 463. The van der Waals surface area contributed by atoms with E-state index in [1.165, 1.54) is 12.1 Å². The normalized spacial score (nSPS) is 23.4. The quantitative estimate of drug-likeness (QED) is 0.808. The second-order valence-electron chi connectivity index (χ2n) is 4.83. The highest BCUT2D eigenvalue weighted by molar-refractivity contribution is 9.10. The van der Waals surface area contributed by atoms with Crippen LogP contribution in [0.2, 0.25) is 0 Å². The molecular formula is C14H17BrFNO. The first-order valence-electron chi connectivity index (χ1n) is 6.32. The van der Waals surface area contributed by atoms with E-state index in [2.05, 4.69) is 29.8 Å². The van der Waals surface area contributed by atoms with Crippen molar-refractivity contribution in [2.45, 2.75) is 45.2 Å². The maximum Gasteiger partial charge on any atom is 0.255 e. The molecule has 98 valence electrons. The molecule has 0 aliphatic carbocycles. The number of nitrogens with zero attached hydrogens (tertiary/aromatic N) is 1. The van der Waals surface area contributed by atoms with E-state index in [0.717, 1.165) is 19.3 Å². The van der Waals surface area contributed by atoms with Gasteiger partial charge < -0.3 is 4.90 Å². The molecule has 2 unspecified atom stereocenters. The Morgan fingerprint density at radius 2 is 2.22 bits per heavy atom. The number of carbonyl (C=O) groups excluding carboxylic acids is 1. The first kappa shape index (κ1) is 13.5. The van der Waals surface area contributed by atoms with Gasteiger partial charge in [-0.1, -0.05) is 6.92 Å². The van der Waals surface area contributed by atoms with E-state index in [9.17, 15) is 9.18 Å². The standard InChI is InChI=1S/C14H17BrFNO/c1-3-11-6-4-9(2)17(11)14(18)12-7-5-10(16)8-13(12)15/h5,7-9,11H,3-4,6H2,1-2H3. The third-order valence-electron chi connectivity index (χ3n) is 3.65. The molecule has 4 heteroatoms. The van der Waals surface area contributed by atoms with E-state index in [-0.39, 0.29) is 17.8 Å². The van der Waals surface area contributed by atoms with Crippen LogP contribution in [-0.2, 0) is 0 Å². The molecule has 18 heavy (non-hydrogen) atoms. The van der Waals surface area contributed by atoms with E-state index in [0.29, 0.717) is 16.1 Å². The summed E-state index contributed by atoms with van der Waals surface area (Å²) < 4.78 is 13.6. The van der Waals surface area contributed by atoms with Crippen LogP contribution in [0.1, 0.15) is 43.5 Å². The Labute approximate surface area is 115 Å². The molecule has 0 aromatic heterocycles. The molecule has 0 spiro atoms. The van der Waals surface area contributed by atoms with Gasteiger partial charge in [-0.05, 0) is 60.3 Å². The molecule has 0 bridgehead atoms. The second-order valence-corrected chi connectivity index (χ2v) is 5.68. The number of carbonyl (C=O) groups is 1. The highest BCUT2D eigenvalue weighted by Crippen LogP contribution is 2.30. The summed E-state index contributed by atoms with van der Waals surface area (Å²) in [5, 5.41) is 0. The summed E-state index contributed by atoms with van der Waals surface area (Å²) in [6, 6.07) is 4.80. The van der Waals surface area contributed by atoms with Gasteiger partial charge in [0.1, 0.15) is 5.82 Å². The number of benzene rings is 1. The first-order chi connectivity index (χ1) is 8.54. The minimum atomic E-state index is -0.333. The number of hydrogen-bond donors (Lipinski definition) is 0. The number of halogens is 2. The molecule has 1 aromatic rings. The Hall–Kier alpha value is -0.900. The van der Waals surface area contributed by atoms with Crippen LogP contribution < -0.4 is 0 Å². The fourth-order valence-electron chi connectivity index (χ4n) is 2.64. The van der Waals surface area contributed by atoms with Crippen LogP contribution in [0.15, 0.2) is 22.7 Å². The van der Waals surface area contributed by atoms with Crippen LogP contribution in [0.25, 0.3) is 0 Å². The van der Waals surface area contributed by atoms with E-state index in [1.807, 2.05) is 4.90 Å². The van der Waals surface area contributed by atoms with Crippen molar-refractivity contribution in [1.82, 2.24) is 4.90 Å². The summed E-state index contributed by atoms with van der Waals surface area (Å²) in [5.74, 6) is -0.335. The molecule has 1 aliphatic rings. The molecule has 1 aromatic carbocycles. The molecule has 1 saturated heterocycles. The van der Waals surface area contributed by atoms with Crippen molar-refractivity contribution in [1.29, 1.82) is 0 Å². The second kappa shape index (κ2) is 5.39. The first-order valence-corrected chi connectivity index (χ1v) is 7.11. The Kier molecular flexibility index (Phi) is 4.05. The van der Waals surface area contributed by atoms with Crippen molar-refractivity contribution in [3.05, 3.63) is 34.1 Å². The van der Waals surface area contributed by atoms with E-state index in [4.69, 9.17) is 0 Å². The van der Waals surface area contributed by atoms with Crippen molar-refractivity contribution >= 4 is 21.8 Å². The Morgan fingerprint density at radius 1 is 1.50 bits per heavy atom. The average molecular weight is 314 g/mol. The largest absolute Gasteiger partial charge is 0.333 e. The molecule has 0 saturated carbocycles. The van der Waals surface area contributed by atoms with Gasteiger partial charge in [-0.2, -0.15) is 0 Å². The van der Waals surface area contributed by atoms with Crippen LogP contribution in [-0.4, -0.2) is 22.9 Å². The lowest BCUT2D eigenvalue weighted by Crippen LogP contribution is -2.39. The Morgan fingerprint density at radius 3 is 2.83 bits per heavy atom. The maximum atomic E-state index is 13.1. The number of hydrogen-bond acceptors (Lipinski definition) is 1. The zero-order valence-corrected chi connectivity index (χ0v) is 12.2. The minimum Gasteiger partial charge on any atom is -0.333 e. The molecule has 0 N–H and O–H groups in total. The van der Waals surface area contributed by atoms with E-state index < -0.39 is 0 Å². The molecule has 1 heterocycles. The van der Waals surface area contributed by atoms with Gasteiger partial charge in [0.2, 0.25) is 0 Å². The van der Waals surface area contributed by atoms with Crippen molar-refractivity contribution < 1.29 is 9.18 Å². The van der Waals surface area contributed by atoms with Crippen molar-refractivity contribution in [2.24, 2.45) is 0 Å². The van der Waals surface area contributed by atoms with Crippen LogP contribution in [0.5, 0.6) is 0 Å². The van der Waals surface area contributed by atoms with Crippen molar-refractivity contribution in [2.75, 3.05) is 0 Å². The van der Waals surface area contributed by atoms with Gasteiger partial charge >= 0.3 is 0 Å². The lowest BCUT2D eigenvalue weighted by atomic mass is 10.1. The number of likely N-dealkylation sites (tertiary alicyclic amines) is 1. The van der Waals surface area contributed by atoms with E-state index in [1.54, 1.807) is 6.07 Å². The van der Waals surface area contributed by atoms with Crippen molar-refractivity contribution in [3.63, 3.8) is 0 Å². The fraction of sp³-hybridized carbons (Fsp3) is 0.500. The van der Waals surface area contributed by atoms with Crippen LogP contribution in [0, 0.1) is 5.82 Å². The molecular weight excluding hydrogens is 297 g/mol. The van der Waals surface area contributed by atoms with Gasteiger partial charge in [0.05, 0.1) is 5.56 Å². The summed E-state index contributed by atoms with van der Waals surface area (Å²) in [6.45, 7) is 4.17. The zero-order chi connectivity index (χ0) is 13.3. The number of amides is 1. The van der Waals surface area contributed by atoms with Gasteiger partial charge in [-0.3, -0.25) is 4.79 Å². The lowest BCUT2D eigenvalue weighted by molar-refractivity contribution is 0.0675. The third kappa shape index (κ3) is 2.44. The summed E-state index contributed by atoms with van der Waals surface area (Å²) in [5.41, 5.74) is 0.545. The molecule has 2 rings (SSSR count). The predicted octanol–water partition coefficient (Wildman–Crippen LogP) is 3.99. The maximum absolute atomic E-state index is 13.1. The SMILES string of the molecule is CCC1CCC(C)N1C(=O)c1ccc(F)cc1Br. The van der Waals surface area contributed by atoms with Gasteiger partial charge in [-0.25, -0.2) is 4.39 Å². The summed E-state index contributed by atoms with van der Waals surface area (Å²) in [6.07, 6.45) is 3.07. The average Bonchev–Trinajstić information content (AvgIpc) is 2.69. The summed E-state index contributed by atoms with van der Waals surface area (Å²) >= 11 is 3.27. The lowest BCUT2D eigenvalue weighted by Gasteiger charge is -2.28. The van der Waals surface area contributed by atoms with Crippen LogP contribution in [0.4, 0.5) is 4.39 Å². The smallest absolute Gasteiger partial charge is 0.255 e. The summed E-state index contributed by atoms with van der Waals surface area (Å²) in [4.78, 5) is 14.5. The van der Waals surface area contributed by atoms with Gasteiger partial charge in [0, 0.05) is 16.6 Å². The molecule has 1 aliphatic heterocycles.